The van der Waals surface area contributed by atoms with Gasteiger partial charge in [0.15, 0.2) is 0 Å². The molecule has 1 unspecified atom stereocenters. The fourth-order valence-electron chi connectivity index (χ4n) is 3.91. The van der Waals surface area contributed by atoms with Gasteiger partial charge in [0.05, 0.1) is 0 Å². The number of fused-ring (bicyclic) bond motifs is 1. The maximum atomic E-state index is 14.4. The molecule has 2 N–H and O–H groups in total. The fraction of sp³-hybridized carbons (Fsp3) is 0.611. The summed E-state index contributed by atoms with van der Waals surface area (Å²) in [5.41, 5.74) is 3.33. The van der Waals surface area contributed by atoms with Crippen LogP contribution in [-0.2, 0) is 13.0 Å². The van der Waals surface area contributed by atoms with Crippen molar-refractivity contribution < 1.29 is 17.2 Å². The molecule has 2 aliphatic rings. The average molecular weight is 339 g/mol. The van der Waals surface area contributed by atoms with E-state index in [1.54, 1.807) is 11.5 Å². The molecule has 1 fully saturated rings. The van der Waals surface area contributed by atoms with Gasteiger partial charge in [-0.3, -0.25) is 14.9 Å². The molecule has 0 aromatic heterocycles. The van der Waals surface area contributed by atoms with E-state index in [1.807, 2.05) is 0 Å². The minimum Gasteiger partial charge on any atom is -0.309 e. The Bertz CT molecular complexity index is 631. The third-order valence-corrected chi connectivity index (χ3v) is 5.47. The zero-order valence-electron chi connectivity index (χ0n) is 14.4. The van der Waals surface area contributed by atoms with Crippen molar-refractivity contribution in [2.24, 2.45) is 5.92 Å². The molecule has 1 aliphatic carbocycles. The number of hydrogen-bond acceptors (Lipinski definition) is 4. The Labute approximate surface area is 145 Å². The Kier molecular flexibility index (Phi) is 5.18. The Morgan fingerprint density at radius 3 is 2.88 bits per heavy atom. The van der Waals surface area contributed by atoms with Crippen LogP contribution in [0.15, 0.2) is 12.1 Å². The summed E-state index contributed by atoms with van der Waals surface area (Å²) in [6.45, 7) is 2.62. The highest BCUT2D eigenvalue weighted by atomic mass is 19.1. The number of hydroxylamine groups is 1. The monoisotopic (exact) mass is 339 g/mol. The number of rotatable bonds is 5. The molecule has 3 rings (SSSR count). The third kappa shape index (κ3) is 3.45. The summed E-state index contributed by atoms with van der Waals surface area (Å²) < 4.78 is 14.4. The zero-order valence-corrected chi connectivity index (χ0v) is 14.4. The van der Waals surface area contributed by atoms with Gasteiger partial charge in [0.25, 0.3) is 5.91 Å². The second-order valence-electron chi connectivity index (χ2n) is 7.25. The largest absolute Gasteiger partial charge is 0.309 e. The lowest BCUT2D eigenvalue weighted by Crippen LogP contribution is -2.49. The quantitative estimate of drug-likeness (QED) is 0.639. The molecule has 5 nitrogen and oxygen atoms in total. The van der Waals surface area contributed by atoms with E-state index in [2.05, 4.69) is 23.9 Å². The van der Waals surface area contributed by atoms with Gasteiger partial charge in [-0.25, -0.2) is 9.87 Å². The summed E-state index contributed by atoms with van der Waals surface area (Å²) in [4.78, 5) is 16.1. The molecule has 2 atom stereocenters. The molecule has 6 heteroatoms. The molecule has 24 heavy (non-hydrogen) atoms. The molecule has 0 saturated heterocycles. The highest BCUT2D eigenvalue weighted by Gasteiger charge is 2.37. The van der Waals surface area contributed by atoms with Crippen LogP contribution in [0.5, 0.6) is 0 Å². The smallest absolute Gasteiger partial charge is 0.274 e. The number of carbonyl (C=O) groups is 1. The highest BCUT2D eigenvalue weighted by molar-refractivity contribution is 5.93. The second-order valence-corrected chi connectivity index (χ2v) is 7.25. The van der Waals surface area contributed by atoms with Crippen molar-refractivity contribution in [1.82, 2.24) is 15.3 Å². The van der Waals surface area contributed by atoms with Crippen LogP contribution in [0.2, 0.25) is 0 Å². The van der Waals surface area contributed by atoms with E-state index in [1.165, 1.54) is 25.3 Å². The summed E-state index contributed by atoms with van der Waals surface area (Å²) >= 11 is 0. The summed E-state index contributed by atoms with van der Waals surface area (Å²) in [7, 11) is 4.20. The van der Waals surface area contributed by atoms with Crippen LogP contribution < -0.4 is 5.48 Å². The maximum absolute atomic E-state index is 14.4. The van der Waals surface area contributed by atoms with Crippen LogP contribution in [-0.4, -0.2) is 54.1 Å². The van der Waals surface area contributed by atoms with Crippen molar-refractivity contribution in [3.8, 4) is 0 Å². The predicted octanol–water partition coefficient (Wildman–Crippen LogP) is 2.53. The second kappa shape index (κ2) is 7.17. The Hall–Kier alpha value is -1.50. The lowest BCUT2D eigenvalue weighted by molar-refractivity contribution is 0.0419. The normalized spacial score (nSPS) is 23.7. The first-order valence-electron chi connectivity index (χ1n) is 8.64. The molecular weight excluding hydrogens is 309 g/mol. The first-order chi connectivity index (χ1) is 11.5. The minimum atomic E-state index is -0.665. The first kappa shape index (κ1) is 17.3. The highest BCUT2D eigenvalue weighted by Crippen LogP contribution is 2.37. The van der Waals surface area contributed by atoms with Gasteiger partial charge in [-0.1, -0.05) is 0 Å². The number of benzene rings is 1. The molecular formula is C18H30FN3O2. The van der Waals surface area contributed by atoms with E-state index in [-0.39, 0.29) is 14.2 Å². The van der Waals surface area contributed by atoms with Crippen molar-refractivity contribution in [2.45, 2.75) is 38.3 Å². The molecule has 1 aromatic rings. The topological polar surface area (TPSA) is 55.8 Å². The molecule has 1 amide bonds. The predicted molar refractivity (Wildman–Crippen MR) is 93.7 cm³/mol. The van der Waals surface area contributed by atoms with Gasteiger partial charge in [0.2, 0.25) is 0 Å². The van der Waals surface area contributed by atoms with Gasteiger partial charge in [0, 0.05) is 33.1 Å². The summed E-state index contributed by atoms with van der Waals surface area (Å²) in [5, 5.41) is 8.72. The lowest BCUT2D eigenvalue weighted by Gasteiger charge is -2.46. The van der Waals surface area contributed by atoms with Crippen molar-refractivity contribution >= 4 is 5.91 Å². The van der Waals surface area contributed by atoms with E-state index in [0.29, 0.717) is 24.1 Å². The standard InChI is InChI=1S/C18H26FN3O2.2H2/c1-21(2)7-5-12-3-4-17(12)22-8-6-13-9-14(18(23)20-24)10-16(19)15(13)11-22;;/h9-10,12,17,24H,3-8,11H2,1-2H3,(H,20,23);2*1H/t12?,17-;;/m0../s1. The van der Waals surface area contributed by atoms with Gasteiger partial charge in [-0.05, 0) is 69.9 Å². The van der Waals surface area contributed by atoms with E-state index in [9.17, 15) is 9.18 Å². The minimum absolute atomic E-state index is 0. The fourth-order valence-corrected chi connectivity index (χ4v) is 3.91. The molecule has 1 heterocycles. The van der Waals surface area contributed by atoms with Crippen molar-refractivity contribution in [3.63, 3.8) is 0 Å². The number of hydrogen-bond donors (Lipinski definition) is 2. The van der Waals surface area contributed by atoms with Crippen LogP contribution in [0.3, 0.4) is 0 Å². The Morgan fingerprint density at radius 1 is 1.46 bits per heavy atom. The van der Waals surface area contributed by atoms with Gasteiger partial charge in [0.1, 0.15) is 5.82 Å². The lowest BCUT2D eigenvalue weighted by atomic mass is 9.75. The van der Waals surface area contributed by atoms with Crippen molar-refractivity contribution in [3.05, 3.63) is 34.6 Å². The van der Waals surface area contributed by atoms with E-state index < -0.39 is 5.91 Å². The molecule has 1 aromatic carbocycles. The van der Waals surface area contributed by atoms with Gasteiger partial charge in [-0.15, -0.1) is 0 Å². The Morgan fingerprint density at radius 2 is 2.25 bits per heavy atom. The van der Waals surface area contributed by atoms with Crippen LogP contribution in [0.1, 0.15) is 43.6 Å². The molecule has 0 spiro atoms. The molecule has 1 saturated carbocycles. The van der Waals surface area contributed by atoms with Crippen molar-refractivity contribution in [1.29, 1.82) is 0 Å². The Balaban J connectivity index is 0.00000169. The maximum Gasteiger partial charge on any atom is 0.274 e. The average Bonchev–Trinajstić information content (AvgIpc) is 2.53. The number of amides is 1. The van der Waals surface area contributed by atoms with Gasteiger partial charge < -0.3 is 4.90 Å². The van der Waals surface area contributed by atoms with Crippen LogP contribution in [0.25, 0.3) is 0 Å². The third-order valence-electron chi connectivity index (χ3n) is 5.47. The number of nitrogens with one attached hydrogen (secondary N) is 1. The zero-order chi connectivity index (χ0) is 17.3. The molecule has 0 radical (unpaired) electrons. The van der Waals surface area contributed by atoms with Crippen LogP contribution in [0.4, 0.5) is 4.39 Å². The molecule has 136 valence electrons. The van der Waals surface area contributed by atoms with E-state index >= 15 is 0 Å². The SMILES string of the molecule is CN(C)CCC1CC[C@@H]1N1CCc2cc(C(=O)NO)cc(F)c2C1.[HH].[HH]. The summed E-state index contributed by atoms with van der Waals surface area (Å²) in [5.74, 6) is -0.307. The summed E-state index contributed by atoms with van der Waals surface area (Å²) in [6, 6.07) is 3.47. The first-order valence-corrected chi connectivity index (χ1v) is 8.64. The molecule has 0 bridgehead atoms. The van der Waals surface area contributed by atoms with Gasteiger partial charge in [-0.2, -0.15) is 0 Å². The van der Waals surface area contributed by atoms with Gasteiger partial charge >= 0.3 is 0 Å². The summed E-state index contributed by atoms with van der Waals surface area (Å²) in [6.07, 6.45) is 4.40. The van der Waals surface area contributed by atoms with E-state index in [0.717, 1.165) is 25.1 Å². The number of halogens is 1. The van der Waals surface area contributed by atoms with Crippen LogP contribution in [0, 0.1) is 11.7 Å². The van der Waals surface area contributed by atoms with Crippen LogP contribution >= 0.6 is 0 Å². The van der Waals surface area contributed by atoms with Crippen molar-refractivity contribution in [2.75, 3.05) is 27.2 Å². The van der Waals surface area contributed by atoms with E-state index in [4.69, 9.17) is 5.21 Å². The number of nitrogens with zero attached hydrogens (tertiary/aromatic N) is 2. The number of carbonyl (C=O) groups excluding carboxylic acids is 1. The molecule has 1 aliphatic heterocycles.